The molecule has 0 fully saturated rings. The molecule has 3 aromatic rings. The Morgan fingerprint density at radius 3 is 2.59 bits per heavy atom. The fraction of sp³-hybridized carbons (Fsp3) is 0.292. The van der Waals surface area contributed by atoms with Crippen LogP contribution in [0.4, 0.5) is 5.69 Å². The van der Waals surface area contributed by atoms with E-state index in [1.54, 1.807) is 11.0 Å². The van der Waals surface area contributed by atoms with Crippen molar-refractivity contribution in [2.75, 3.05) is 11.4 Å². The number of amides is 1. The average molecular weight is 387 g/mol. The minimum Gasteiger partial charge on any atom is -0.311 e. The van der Waals surface area contributed by atoms with Gasteiger partial charge in [-0.15, -0.1) is 0 Å². The number of benzene rings is 2. The molecule has 1 aliphatic rings. The third kappa shape index (κ3) is 3.73. The molecule has 1 aromatic heterocycles. The molecule has 0 bridgehead atoms. The molecule has 2 heterocycles. The predicted molar refractivity (Wildman–Crippen MR) is 115 cm³/mol. The molecule has 0 saturated carbocycles. The Morgan fingerprint density at radius 1 is 1.00 bits per heavy atom. The third-order valence-electron chi connectivity index (χ3n) is 5.68. The van der Waals surface area contributed by atoms with Crippen LogP contribution < -0.4 is 10.5 Å². The lowest BCUT2D eigenvalue weighted by atomic mass is 9.99. The zero-order chi connectivity index (χ0) is 20.5. The summed E-state index contributed by atoms with van der Waals surface area (Å²) in [7, 11) is 0. The van der Waals surface area contributed by atoms with E-state index in [2.05, 4.69) is 37.1 Å². The highest BCUT2D eigenvalue weighted by Gasteiger charge is 2.23. The lowest BCUT2D eigenvalue weighted by molar-refractivity contribution is -0.119. The van der Waals surface area contributed by atoms with Crippen molar-refractivity contribution >= 4 is 11.6 Å². The molecule has 0 spiro atoms. The second-order valence-corrected chi connectivity index (χ2v) is 7.74. The maximum Gasteiger partial charge on any atom is 0.267 e. The first-order valence-corrected chi connectivity index (χ1v) is 9.98. The molecule has 0 unspecified atom stereocenters. The summed E-state index contributed by atoms with van der Waals surface area (Å²) >= 11 is 0. The van der Waals surface area contributed by atoms with Crippen LogP contribution >= 0.6 is 0 Å². The Kier molecular flexibility index (Phi) is 5.05. The van der Waals surface area contributed by atoms with Crippen molar-refractivity contribution < 1.29 is 4.79 Å². The van der Waals surface area contributed by atoms with Crippen LogP contribution in [0.15, 0.2) is 53.3 Å². The number of carbonyl (C=O) groups excluding carboxylic acids is 1. The molecule has 1 aliphatic heterocycles. The molecule has 4 rings (SSSR count). The van der Waals surface area contributed by atoms with Crippen LogP contribution in [0, 0.1) is 20.8 Å². The van der Waals surface area contributed by atoms with Crippen LogP contribution in [0.2, 0.25) is 0 Å². The summed E-state index contributed by atoms with van der Waals surface area (Å²) in [5.74, 6) is -0.110. The molecule has 2 aromatic carbocycles. The first-order valence-electron chi connectivity index (χ1n) is 9.98. The molecule has 1 amide bonds. The lowest BCUT2D eigenvalue weighted by Crippen LogP contribution is -2.40. The molecule has 0 atom stereocenters. The minimum atomic E-state index is -0.270. The fourth-order valence-electron chi connectivity index (χ4n) is 3.95. The van der Waals surface area contributed by atoms with Crippen molar-refractivity contribution in [2.24, 2.45) is 0 Å². The largest absolute Gasteiger partial charge is 0.311 e. The monoisotopic (exact) mass is 387 g/mol. The second kappa shape index (κ2) is 7.66. The molecule has 0 radical (unpaired) electrons. The van der Waals surface area contributed by atoms with Crippen LogP contribution in [0.1, 0.15) is 28.7 Å². The topological polar surface area (TPSA) is 55.2 Å². The summed E-state index contributed by atoms with van der Waals surface area (Å²) in [5, 5.41) is 4.52. The van der Waals surface area contributed by atoms with Gasteiger partial charge in [-0.3, -0.25) is 9.59 Å². The van der Waals surface area contributed by atoms with Crippen LogP contribution in [0.3, 0.4) is 0 Å². The molecule has 29 heavy (non-hydrogen) atoms. The van der Waals surface area contributed by atoms with E-state index in [0.717, 1.165) is 29.7 Å². The van der Waals surface area contributed by atoms with E-state index in [9.17, 15) is 9.59 Å². The van der Waals surface area contributed by atoms with Crippen molar-refractivity contribution in [3.8, 4) is 11.3 Å². The van der Waals surface area contributed by atoms with Crippen LogP contribution in [0.5, 0.6) is 0 Å². The van der Waals surface area contributed by atoms with E-state index in [0.29, 0.717) is 12.2 Å². The number of carbonyl (C=O) groups is 1. The SMILES string of the molecule is Cc1cc(C)c(-c2ccc(=O)n(CC(=O)N3CCCc4ccccc43)n2)cc1C. The lowest BCUT2D eigenvalue weighted by Gasteiger charge is -2.29. The number of aryl methyl sites for hydroxylation is 4. The summed E-state index contributed by atoms with van der Waals surface area (Å²) in [4.78, 5) is 27.2. The van der Waals surface area contributed by atoms with Crippen molar-refractivity contribution in [3.63, 3.8) is 0 Å². The van der Waals surface area contributed by atoms with E-state index in [-0.39, 0.29) is 18.0 Å². The molecule has 5 nitrogen and oxygen atoms in total. The van der Waals surface area contributed by atoms with Gasteiger partial charge in [0.15, 0.2) is 0 Å². The number of para-hydroxylation sites is 1. The molecular weight excluding hydrogens is 362 g/mol. The highest BCUT2D eigenvalue weighted by atomic mass is 16.2. The van der Waals surface area contributed by atoms with E-state index >= 15 is 0 Å². The third-order valence-corrected chi connectivity index (χ3v) is 5.68. The molecular formula is C24H25N3O2. The van der Waals surface area contributed by atoms with Crippen LogP contribution in [0.25, 0.3) is 11.3 Å². The number of hydrogen-bond acceptors (Lipinski definition) is 3. The minimum absolute atomic E-state index is 0.0646. The first kappa shape index (κ1) is 19.1. The summed E-state index contributed by atoms with van der Waals surface area (Å²) in [6, 6.07) is 15.4. The van der Waals surface area contributed by atoms with Crippen LogP contribution in [-0.2, 0) is 17.8 Å². The highest BCUT2D eigenvalue weighted by molar-refractivity contribution is 5.94. The maximum atomic E-state index is 13.0. The zero-order valence-corrected chi connectivity index (χ0v) is 17.1. The van der Waals surface area contributed by atoms with Gasteiger partial charge in [0, 0.05) is 23.9 Å². The first-order chi connectivity index (χ1) is 13.9. The fourth-order valence-corrected chi connectivity index (χ4v) is 3.95. The Hall–Kier alpha value is -3.21. The Bertz CT molecular complexity index is 1150. The molecule has 148 valence electrons. The number of fused-ring (bicyclic) bond motifs is 1. The smallest absolute Gasteiger partial charge is 0.267 e. The number of rotatable bonds is 3. The standard InChI is InChI=1S/C24H25N3O2/c1-16-13-18(3)20(14-17(16)2)21-10-11-23(28)27(25-21)15-24(29)26-12-6-8-19-7-4-5-9-22(19)26/h4-5,7,9-11,13-14H,6,8,12,15H2,1-3H3. The second-order valence-electron chi connectivity index (χ2n) is 7.74. The Morgan fingerprint density at radius 2 is 1.76 bits per heavy atom. The van der Waals surface area contributed by atoms with Crippen molar-refractivity contribution in [2.45, 2.75) is 40.2 Å². The van der Waals surface area contributed by atoms with E-state index in [4.69, 9.17) is 0 Å². The average Bonchev–Trinajstić information content (AvgIpc) is 2.72. The summed E-state index contributed by atoms with van der Waals surface area (Å²) in [6.07, 6.45) is 1.90. The van der Waals surface area contributed by atoms with E-state index in [1.165, 1.54) is 27.4 Å². The summed E-state index contributed by atoms with van der Waals surface area (Å²) < 4.78 is 1.28. The van der Waals surface area contributed by atoms with Gasteiger partial charge in [-0.2, -0.15) is 5.10 Å². The quantitative estimate of drug-likeness (QED) is 0.687. The van der Waals surface area contributed by atoms with Crippen molar-refractivity contribution in [3.05, 3.63) is 81.1 Å². The predicted octanol–water partition coefficient (Wildman–Crippen LogP) is 3.81. The van der Waals surface area contributed by atoms with Crippen LogP contribution in [-0.4, -0.2) is 22.2 Å². The highest BCUT2D eigenvalue weighted by Crippen LogP contribution is 2.27. The number of anilines is 1. The van der Waals surface area contributed by atoms with Gasteiger partial charge >= 0.3 is 0 Å². The number of nitrogens with zero attached hydrogens (tertiary/aromatic N) is 3. The summed E-state index contributed by atoms with van der Waals surface area (Å²) in [5.41, 5.74) is 7.03. The Balaban J connectivity index is 1.65. The molecule has 0 aliphatic carbocycles. The normalized spacial score (nSPS) is 13.3. The van der Waals surface area contributed by atoms with Gasteiger partial charge in [-0.25, -0.2) is 4.68 Å². The summed E-state index contributed by atoms with van der Waals surface area (Å²) in [6.45, 7) is 6.78. The van der Waals surface area contributed by atoms with E-state index < -0.39 is 0 Å². The van der Waals surface area contributed by atoms with Gasteiger partial charge in [0.2, 0.25) is 5.91 Å². The molecule has 0 N–H and O–H groups in total. The Labute approximate surface area is 170 Å². The van der Waals surface area contributed by atoms with Gasteiger partial charge in [0.05, 0.1) is 5.69 Å². The van der Waals surface area contributed by atoms with Gasteiger partial charge < -0.3 is 4.90 Å². The molecule has 0 saturated heterocycles. The van der Waals surface area contributed by atoms with E-state index in [1.807, 2.05) is 25.1 Å². The van der Waals surface area contributed by atoms with Crippen molar-refractivity contribution in [1.82, 2.24) is 9.78 Å². The van der Waals surface area contributed by atoms with Gasteiger partial charge in [0.25, 0.3) is 5.56 Å². The van der Waals surface area contributed by atoms with Crippen molar-refractivity contribution in [1.29, 1.82) is 0 Å². The number of aromatic nitrogens is 2. The number of hydrogen-bond donors (Lipinski definition) is 0. The maximum absolute atomic E-state index is 13.0. The van der Waals surface area contributed by atoms with Gasteiger partial charge in [-0.05, 0) is 74.1 Å². The van der Waals surface area contributed by atoms with Gasteiger partial charge in [-0.1, -0.05) is 24.3 Å². The molecule has 5 heteroatoms. The van der Waals surface area contributed by atoms with Gasteiger partial charge in [0.1, 0.15) is 6.54 Å². The zero-order valence-electron chi connectivity index (χ0n) is 17.1.